The van der Waals surface area contributed by atoms with E-state index >= 15 is 0 Å². The molecule has 0 saturated carbocycles. The number of hydrogen-bond donors (Lipinski definition) is 2. The van der Waals surface area contributed by atoms with Crippen molar-refractivity contribution in [1.82, 2.24) is 5.32 Å². The lowest BCUT2D eigenvalue weighted by Crippen LogP contribution is -2.42. The summed E-state index contributed by atoms with van der Waals surface area (Å²) in [6.07, 6.45) is 0.0697. The second-order valence-electron chi connectivity index (χ2n) is 7.06. The van der Waals surface area contributed by atoms with E-state index < -0.39 is 23.9 Å². The van der Waals surface area contributed by atoms with E-state index in [4.69, 9.17) is 4.74 Å². The molecule has 0 bridgehead atoms. The first-order chi connectivity index (χ1) is 15.5. The van der Waals surface area contributed by atoms with E-state index in [0.29, 0.717) is 17.9 Å². The molecule has 3 aromatic carbocycles. The number of esters is 1. The molecule has 0 saturated heterocycles. The Balaban J connectivity index is 1.67. The molecular formula is C25H23NO6. The molecule has 32 heavy (non-hydrogen) atoms. The Bertz CT molecular complexity index is 1100. The summed E-state index contributed by atoms with van der Waals surface area (Å²) in [5.74, 6) is -1.74. The number of nitrogens with one attached hydrogen (secondary N) is 1. The molecule has 0 aliphatic carbocycles. The highest BCUT2D eigenvalue weighted by atomic mass is 16.5. The highest BCUT2D eigenvalue weighted by Crippen LogP contribution is 2.17. The molecule has 2 N–H and O–H groups in total. The monoisotopic (exact) mass is 433 g/mol. The van der Waals surface area contributed by atoms with Gasteiger partial charge in [0.05, 0.1) is 12.7 Å². The van der Waals surface area contributed by atoms with Gasteiger partial charge in [0.25, 0.3) is 5.91 Å². The molecule has 0 radical (unpaired) electrons. The summed E-state index contributed by atoms with van der Waals surface area (Å²) in [6, 6.07) is 21.5. The zero-order valence-electron chi connectivity index (χ0n) is 17.5. The van der Waals surface area contributed by atoms with Crippen LogP contribution < -0.4 is 10.1 Å². The molecule has 164 valence electrons. The van der Waals surface area contributed by atoms with Crippen molar-refractivity contribution in [2.45, 2.75) is 19.1 Å². The molecule has 0 unspecified atom stereocenters. The van der Waals surface area contributed by atoms with E-state index in [1.54, 1.807) is 24.3 Å². The summed E-state index contributed by atoms with van der Waals surface area (Å²) in [5, 5.41) is 12.1. The molecule has 3 rings (SSSR count). The number of benzene rings is 3. The van der Waals surface area contributed by atoms with Gasteiger partial charge in [-0.3, -0.25) is 4.79 Å². The second kappa shape index (κ2) is 10.8. The maximum atomic E-state index is 12.6. The van der Waals surface area contributed by atoms with E-state index in [9.17, 15) is 19.5 Å². The van der Waals surface area contributed by atoms with Crippen LogP contribution in [0.25, 0.3) is 0 Å². The average Bonchev–Trinajstić information content (AvgIpc) is 2.82. The summed E-state index contributed by atoms with van der Waals surface area (Å²) in [4.78, 5) is 36.0. The first kappa shape index (κ1) is 22.6. The summed E-state index contributed by atoms with van der Waals surface area (Å²) < 4.78 is 10.4. The Morgan fingerprint density at radius 3 is 2.28 bits per heavy atom. The zero-order valence-corrected chi connectivity index (χ0v) is 17.5. The van der Waals surface area contributed by atoms with Crippen LogP contribution in [0.15, 0.2) is 78.9 Å². The van der Waals surface area contributed by atoms with E-state index in [1.807, 2.05) is 30.3 Å². The fraction of sp³-hybridized carbons (Fsp3) is 0.160. The standard InChI is InChI=1S/C25H23NO6/c1-31-25(30)20-11-6-10-19(15-20)23(27)26-22(24(28)29)14-18-9-5-12-21(13-18)32-16-17-7-3-2-4-8-17/h2-13,15,22H,14,16H2,1H3,(H,26,27)(H,28,29)/t22-/m0/s1. The topological polar surface area (TPSA) is 102 Å². The average molecular weight is 433 g/mol. The van der Waals surface area contributed by atoms with E-state index in [1.165, 1.54) is 31.4 Å². The van der Waals surface area contributed by atoms with Gasteiger partial charge in [0, 0.05) is 12.0 Å². The van der Waals surface area contributed by atoms with Crippen molar-refractivity contribution >= 4 is 17.8 Å². The molecule has 7 heteroatoms. The highest BCUT2D eigenvalue weighted by molar-refractivity contribution is 5.99. The number of carboxylic acids is 1. The van der Waals surface area contributed by atoms with Crippen LogP contribution in [0.4, 0.5) is 0 Å². The van der Waals surface area contributed by atoms with Gasteiger partial charge in [-0.15, -0.1) is 0 Å². The molecule has 0 heterocycles. The minimum absolute atomic E-state index is 0.0697. The number of carboxylic acid groups (broad SMARTS) is 1. The molecule has 0 aromatic heterocycles. The predicted octanol–water partition coefficient (Wildman–Crippen LogP) is 3.48. The number of aliphatic carboxylic acids is 1. The van der Waals surface area contributed by atoms with Crippen molar-refractivity contribution in [2.24, 2.45) is 0 Å². The Morgan fingerprint density at radius 2 is 1.56 bits per heavy atom. The number of carbonyl (C=O) groups excluding carboxylic acids is 2. The van der Waals surface area contributed by atoms with Gasteiger partial charge < -0.3 is 19.9 Å². The van der Waals surface area contributed by atoms with Crippen LogP contribution in [0.5, 0.6) is 5.75 Å². The minimum Gasteiger partial charge on any atom is -0.489 e. The highest BCUT2D eigenvalue weighted by Gasteiger charge is 2.22. The van der Waals surface area contributed by atoms with Crippen molar-refractivity contribution < 1.29 is 29.0 Å². The van der Waals surface area contributed by atoms with E-state index in [-0.39, 0.29) is 17.5 Å². The van der Waals surface area contributed by atoms with Gasteiger partial charge in [0.15, 0.2) is 0 Å². The quantitative estimate of drug-likeness (QED) is 0.501. The number of rotatable bonds is 9. The van der Waals surface area contributed by atoms with Gasteiger partial charge in [-0.25, -0.2) is 9.59 Å². The zero-order chi connectivity index (χ0) is 22.9. The maximum absolute atomic E-state index is 12.6. The molecule has 0 fully saturated rings. The molecular weight excluding hydrogens is 410 g/mol. The second-order valence-corrected chi connectivity index (χ2v) is 7.06. The van der Waals surface area contributed by atoms with E-state index in [2.05, 4.69) is 10.1 Å². The van der Waals surface area contributed by atoms with Gasteiger partial charge in [-0.05, 0) is 41.5 Å². The van der Waals surface area contributed by atoms with Crippen LogP contribution in [0.1, 0.15) is 31.8 Å². The Hall–Kier alpha value is -4.13. The maximum Gasteiger partial charge on any atom is 0.337 e. The lowest BCUT2D eigenvalue weighted by molar-refractivity contribution is -0.139. The first-order valence-corrected chi connectivity index (χ1v) is 9.94. The first-order valence-electron chi connectivity index (χ1n) is 9.94. The molecule has 0 aliphatic rings. The molecule has 1 atom stereocenters. The third-order valence-electron chi connectivity index (χ3n) is 4.74. The van der Waals surface area contributed by atoms with Crippen molar-refractivity contribution in [2.75, 3.05) is 7.11 Å². The third kappa shape index (κ3) is 6.18. The summed E-state index contributed by atoms with van der Waals surface area (Å²) in [5.41, 5.74) is 2.09. The SMILES string of the molecule is COC(=O)c1cccc(C(=O)N[C@@H](Cc2cccc(OCc3ccccc3)c2)C(=O)O)c1. The third-order valence-corrected chi connectivity index (χ3v) is 4.74. The van der Waals surface area contributed by atoms with Gasteiger partial charge >= 0.3 is 11.9 Å². The van der Waals surface area contributed by atoms with Crippen molar-refractivity contribution in [3.05, 3.63) is 101 Å². The van der Waals surface area contributed by atoms with Gasteiger partial charge in [0.1, 0.15) is 18.4 Å². The predicted molar refractivity (Wildman–Crippen MR) is 118 cm³/mol. The van der Waals surface area contributed by atoms with Crippen LogP contribution in [-0.4, -0.2) is 36.1 Å². The minimum atomic E-state index is -1.17. The molecule has 3 aromatic rings. The Morgan fingerprint density at radius 1 is 0.875 bits per heavy atom. The number of ether oxygens (including phenoxy) is 2. The lowest BCUT2D eigenvalue weighted by Gasteiger charge is -2.16. The number of methoxy groups -OCH3 is 1. The molecule has 1 amide bonds. The molecule has 0 aliphatic heterocycles. The Labute approximate surface area is 185 Å². The smallest absolute Gasteiger partial charge is 0.337 e. The lowest BCUT2D eigenvalue weighted by atomic mass is 10.0. The van der Waals surface area contributed by atoms with Gasteiger partial charge in [-0.1, -0.05) is 48.5 Å². The number of hydrogen-bond acceptors (Lipinski definition) is 5. The van der Waals surface area contributed by atoms with Crippen molar-refractivity contribution in [3.63, 3.8) is 0 Å². The largest absolute Gasteiger partial charge is 0.489 e. The Kier molecular flexibility index (Phi) is 7.59. The summed E-state index contributed by atoms with van der Waals surface area (Å²) in [6.45, 7) is 0.389. The van der Waals surface area contributed by atoms with Crippen LogP contribution in [0.3, 0.4) is 0 Å². The van der Waals surface area contributed by atoms with Crippen molar-refractivity contribution in [1.29, 1.82) is 0 Å². The molecule has 7 nitrogen and oxygen atoms in total. The van der Waals surface area contributed by atoms with Gasteiger partial charge in [-0.2, -0.15) is 0 Å². The van der Waals surface area contributed by atoms with Crippen LogP contribution in [0, 0.1) is 0 Å². The normalized spacial score (nSPS) is 11.3. The summed E-state index contributed by atoms with van der Waals surface area (Å²) in [7, 11) is 1.24. The van der Waals surface area contributed by atoms with Crippen LogP contribution in [-0.2, 0) is 22.6 Å². The fourth-order valence-corrected chi connectivity index (χ4v) is 3.09. The summed E-state index contributed by atoms with van der Waals surface area (Å²) >= 11 is 0. The van der Waals surface area contributed by atoms with Gasteiger partial charge in [0.2, 0.25) is 0 Å². The van der Waals surface area contributed by atoms with Crippen LogP contribution in [0.2, 0.25) is 0 Å². The van der Waals surface area contributed by atoms with Crippen LogP contribution >= 0.6 is 0 Å². The fourth-order valence-electron chi connectivity index (χ4n) is 3.09. The van der Waals surface area contributed by atoms with Crippen molar-refractivity contribution in [3.8, 4) is 5.75 Å². The number of carbonyl (C=O) groups is 3. The molecule has 0 spiro atoms. The van der Waals surface area contributed by atoms with E-state index in [0.717, 1.165) is 5.56 Å². The number of amides is 1.